The molecular formula is C106H203PS. The van der Waals surface area contributed by atoms with E-state index in [1.807, 2.05) is 6.66 Å². The molecule has 108 heavy (non-hydrogen) atoms. The van der Waals surface area contributed by atoms with Crippen molar-refractivity contribution >= 4 is 19.2 Å². The van der Waals surface area contributed by atoms with Crippen molar-refractivity contribution in [2.45, 2.75) is 546 Å². The fourth-order valence-electron chi connectivity index (χ4n) is 30.8. The molecule has 13 aliphatic rings. The summed E-state index contributed by atoms with van der Waals surface area (Å²) in [5.41, 5.74) is 1.97. The van der Waals surface area contributed by atoms with Crippen LogP contribution in [-0.4, -0.2) is 6.66 Å². The first-order valence-electron chi connectivity index (χ1n) is 49.2. The van der Waals surface area contributed by atoms with Crippen LogP contribution in [0.1, 0.15) is 546 Å². The van der Waals surface area contributed by atoms with Crippen molar-refractivity contribution in [2.75, 3.05) is 6.66 Å². The molecule has 0 amide bonds. The zero-order chi connectivity index (χ0) is 69.0. The highest BCUT2D eigenvalue weighted by Gasteiger charge is 2.67. The number of fused-ring (bicyclic) bond motifs is 35. The maximum Gasteiger partial charge on any atom is -0.0118 e. The average molecular weight is 1540 g/mol. The second-order valence-electron chi connectivity index (χ2n) is 41.6. The van der Waals surface area contributed by atoms with Crippen molar-refractivity contribution < 1.29 is 0 Å². The quantitative estimate of drug-likeness (QED) is 0.218. The Morgan fingerprint density at radius 2 is 0.556 bits per heavy atom. The molecule has 13 saturated carbocycles. The first-order chi connectivity index (χ1) is 50.0. The molecule has 2 heteroatoms. The van der Waals surface area contributed by atoms with E-state index in [-0.39, 0.29) is 52.0 Å². The average Bonchev–Trinajstić information content (AvgIpc) is 1.21. The molecule has 13 rings (SSSR count). The topological polar surface area (TPSA) is 0 Å². The molecule has 638 valence electrons. The molecule has 0 saturated heterocycles. The zero-order valence-corrected chi connectivity index (χ0v) is 69.9. The third-order valence-corrected chi connectivity index (χ3v) is 36.2. The Kier molecular flexibility index (Phi) is 49.4. The predicted molar refractivity (Wildman–Crippen MR) is 493 cm³/mol. The van der Waals surface area contributed by atoms with Crippen molar-refractivity contribution in [3.8, 4) is 0 Å². The molecule has 0 aromatic rings. The Hall–Kier alpha value is 0.520. The highest BCUT2D eigenvalue weighted by atomic mass is 32.4. The van der Waals surface area contributed by atoms with E-state index in [1.54, 1.807) is 302 Å². The maximum atomic E-state index is 4.37. The molecule has 0 nitrogen and oxygen atoms in total. The summed E-state index contributed by atoms with van der Waals surface area (Å²) >= 11 is 4.37. The molecule has 13 fully saturated rings. The second-order valence-corrected chi connectivity index (χ2v) is 43.1. The number of hydrogen-bond acceptors (Lipinski definition) is 1. The number of hydrogen-bond donors (Lipinski definition) is 0. The van der Waals surface area contributed by atoms with Crippen molar-refractivity contribution in [2.24, 2.45) is 123 Å². The van der Waals surface area contributed by atoms with Gasteiger partial charge in [-0.1, -0.05) is 411 Å². The van der Waals surface area contributed by atoms with Gasteiger partial charge in [0.1, 0.15) is 0 Å². The molecule has 0 heterocycles. The van der Waals surface area contributed by atoms with Crippen LogP contribution in [0.15, 0.2) is 0 Å². The van der Waals surface area contributed by atoms with Gasteiger partial charge in [-0.3, -0.25) is 0 Å². The minimum absolute atomic E-state index is 0. The van der Waals surface area contributed by atoms with Crippen LogP contribution in [0.25, 0.3) is 0 Å². The van der Waals surface area contributed by atoms with E-state index in [1.165, 1.54) is 193 Å². The molecule has 0 aromatic carbocycles. The minimum atomic E-state index is 0. The second kappa shape index (κ2) is 53.8. The number of rotatable bonds is 0. The maximum absolute atomic E-state index is 4.37. The fraction of sp³-hybridized carbons (Fsp3) is 1.00. The van der Waals surface area contributed by atoms with Gasteiger partial charge in [-0.05, 0) is 284 Å². The molecular weight excluding hydrogens is 1340 g/mol. The van der Waals surface area contributed by atoms with Gasteiger partial charge < -0.3 is 0 Å². The van der Waals surface area contributed by atoms with Crippen LogP contribution in [0.5, 0.6) is 0 Å². The Morgan fingerprint density at radius 1 is 0.213 bits per heavy atom. The molecule has 21 atom stereocenters. The van der Waals surface area contributed by atoms with Crippen LogP contribution in [0.4, 0.5) is 0 Å². The Morgan fingerprint density at radius 3 is 1.02 bits per heavy atom. The predicted octanol–water partition coefficient (Wildman–Crippen LogP) is 37.7. The lowest BCUT2D eigenvalue weighted by atomic mass is 9.36. The molecule has 21 unspecified atom stereocenters. The first kappa shape index (κ1) is 99.1. The van der Waals surface area contributed by atoms with E-state index in [4.69, 9.17) is 0 Å². The van der Waals surface area contributed by atoms with Gasteiger partial charge >= 0.3 is 0 Å². The van der Waals surface area contributed by atoms with Crippen LogP contribution in [-0.2, 0) is 11.8 Å². The summed E-state index contributed by atoms with van der Waals surface area (Å²) in [4.78, 5) is 0. The highest BCUT2D eigenvalue weighted by molar-refractivity contribution is 7.96. The van der Waals surface area contributed by atoms with Gasteiger partial charge in [0, 0.05) is 0 Å². The summed E-state index contributed by atoms with van der Waals surface area (Å²) in [6.07, 6.45) is 122. The molecule has 0 N–H and O–H groups in total. The summed E-state index contributed by atoms with van der Waals surface area (Å²) < 4.78 is 0. The van der Waals surface area contributed by atoms with E-state index >= 15 is 0 Å². The van der Waals surface area contributed by atoms with Crippen LogP contribution in [0.2, 0.25) is 0 Å². The van der Waals surface area contributed by atoms with Gasteiger partial charge in [-0.15, -0.1) is 0 Å². The van der Waals surface area contributed by atoms with Gasteiger partial charge in [0.25, 0.3) is 0 Å². The van der Waals surface area contributed by atoms with Crippen molar-refractivity contribution in [3.63, 3.8) is 0 Å². The minimum Gasteiger partial charge on any atom is -0.0776 e. The summed E-state index contributed by atoms with van der Waals surface area (Å²) in [5.74, 6) is 19.1. The molecule has 13 aliphatic carbocycles. The smallest absolute Gasteiger partial charge is 0.0118 e. The van der Waals surface area contributed by atoms with Crippen LogP contribution >= 0.6 is 7.36 Å². The Labute approximate surface area is 690 Å². The highest BCUT2D eigenvalue weighted by Crippen LogP contribution is 2.76. The Bertz CT molecular complexity index is 2220. The summed E-state index contributed by atoms with van der Waals surface area (Å²) in [5, 5.41) is 0. The van der Waals surface area contributed by atoms with Gasteiger partial charge in [0.2, 0.25) is 0 Å². The van der Waals surface area contributed by atoms with E-state index in [0.717, 1.165) is 114 Å². The van der Waals surface area contributed by atoms with Gasteiger partial charge in [0.15, 0.2) is 0 Å². The van der Waals surface area contributed by atoms with Gasteiger partial charge in [-0.25, -0.2) is 0 Å². The van der Waals surface area contributed by atoms with Gasteiger partial charge in [-0.2, -0.15) is 0 Å². The van der Waals surface area contributed by atoms with E-state index in [9.17, 15) is 0 Å². The molecule has 0 radical (unpaired) electrons. The van der Waals surface area contributed by atoms with Crippen LogP contribution in [0, 0.1) is 123 Å². The molecule has 0 aromatic heterocycles. The summed E-state index contributed by atoms with van der Waals surface area (Å²) in [7, 11) is 1.00. The lowest BCUT2D eigenvalue weighted by Crippen LogP contribution is -2.60. The van der Waals surface area contributed by atoms with Crippen LogP contribution in [0.3, 0.4) is 0 Å². The lowest BCUT2D eigenvalue weighted by molar-refractivity contribution is -0.188. The molecule has 3 spiro atoms. The normalized spacial score (nSPS) is 40.6. The standard InChI is InChI=1S/C98H172.CH3PS.7CH4/c1-2-4-7-11-15-19-26-34-44-78-45-35-27-20-16-12-8-6-10-14-18-24-33-41-65-96-66-43-52-84(50-40-31-21-17-13-9-5-3-1)93-74-90-77-98(96)67-64-92-72-86(94-73-89(93)70-88(90)75-95(94)98)51-42-53-91-71-85-62-60-82-58-56-80-48-38-30-23-22-28-36-46-79(55-54-78)47-37-29-25-32-39-49-81(80)57-59-83(82)61-63-87(85)76-97(91,92)69-68-96;1-2-3;;;;;;;/h78-95H,1-77H2;1H3;7*1H4. The van der Waals surface area contributed by atoms with Crippen molar-refractivity contribution in [1.82, 2.24) is 0 Å². The fourth-order valence-corrected chi connectivity index (χ4v) is 30.8. The molecule has 0 aliphatic heterocycles. The van der Waals surface area contributed by atoms with Gasteiger partial charge in [0.05, 0.1) is 0 Å². The Balaban J connectivity index is 0.00000206. The van der Waals surface area contributed by atoms with E-state index in [0.29, 0.717) is 16.2 Å². The van der Waals surface area contributed by atoms with Crippen LogP contribution < -0.4 is 0 Å². The summed E-state index contributed by atoms with van der Waals surface area (Å²) in [6.45, 7) is 1.91. The summed E-state index contributed by atoms with van der Waals surface area (Å²) in [6, 6.07) is 0. The zero-order valence-electron chi connectivity index (χ0n) is 68.2. The van der Waals surface area contributed by atoms with E-state index in [2.05, 4.69) is 11.8 Å². The SMILES string of the molecule is C.C.C.C.C.C.C.C1CCCCCCCCCC2CCCCCCCCCCCCCCCC34CCCC(CCCCCCCCC1)C1CC5CC36CCC3CC(CCCC7CC8CCC9CCC%10CCCCCCCCC(CCCCCCCC%10CCC9CCC8CC73CC4)CC2)C2CC1CC5CC26.CP=S. The third-order valence-electron chi connectivity index (χ3n) is 36.2. The van der Waals surface area contributed by atoms with E-state index < -0.39 is 0 Å². The first-order valence-corrected chi connectivity index (χ1v) is 51.5. The molecule has 16 bridgehead atoms. The monoisotopic (exact) mass is 1540 g/mol. The third kappa shape index (κ3) is 27.8. The largest absolute Gasteiger partial charge is 0.0776 e. The lowest BCUT2D eigenvalue weighted by Gasteiger charge is -2.68. The van der Waals surface area contributed by atoms with Crippen molar-refractivity contribution in [3.05, 3.63) is 0 Å². The van der Waals surface area contributed by atoms with Crippen molar-refractivity contribution in [1.29, 1.82) is 0 Å².